The van der Waals surface area contributed by atoms with E-state index in [4.69, 9.17) is 45.6 Å². The van der Waals surface area contributed by atoms with Gasteiger partial charge in [0.15, 0.2) is 0 Å². The van der Waals surface area contributed by atoms with Gasteiger partial charge in [0, 0.05) is 5.56 Å². The van der Waals surface area contributed by atoms with Crippen LogP contribution in [0.25, 0.3) is 11.3 Å². The number of anilines is 1. The number of nitrogens with two attached hydrogens (primary N) is 1. The van der Waals surface area contributed by atoms with E-state index in [-0.39, 0.29) is 11.6 Å². The molecule has 0 aliphatic rings. The summed E-state index contributed by atoms with van der Waals surface area (Å²) in [5, 5.41) is 10.1. The van der Waals surface area contributed by atoms with Crippen LogP contribution in [0.2, 0.25) is 15.1 Å². The molecule has 0 amide bonds. The molecule has 0 atom stereocenters. The molecule has 0 saturated carbocycles. The van der Waals surface area contributed by atoms with Crippen LogP contribution in [-0.2, 0) is 6.61 Å². The van der Waals surface area contributed by atoms with Crippen LogP contribution in [0.3, 0.4) is 0 Å². The van der Waals surface area contributed by atoms with Crippen molar-refractivity contribution in [1.82, 2.24) is 4.98 Å². The summed E-state index contributed by atoms with van der Waals surface area (Å²) in [6.45, 7) is -0.237. The summed E-state index contributed by atoms with van der Waals surface area (Å²) in [4.78, 5) is 4.23. The number of aliphatic hydroxyl groups is 1. The van der Waals surface area contributed by atoms with Gasteiger partial charge in [-0.15, -0.1) is 0 Å². The SMILES string of the molecule is Nc1ccc(-c2ccc(Cl)c(Cl)c2Cl)nc1CO. The minimum atomic E-state index is -0.237. The number of aliphatic hydroxyl groups excluding tert-OH is 1. The standard InChI is InChI=1S/C12H9Cl3N2O/c13-7-2-1-6(11(14)12(7)15)9-4-3-8(16)10(5-18)17-9/h1-4,18H,5,16H2. The quantitative estimate of drug-likeness (QED) is 0.830. The smallest absolute Gasteiger partial charge is 0.0894 e. The van der Waals surface area contributed by atoms with Gasteiger partial charge in [0.05, 0.1) is 38.8 Å². The van der Waals surface area contributed by atoms with Crippen molar-refractivity contribution in [1.29, 1.82) is 0 Å². The number of hydrogen-bond donors (Lipinski definition) is 2. The lowest BCUT2D eigenvalue weighted by Gasteiger charge is -2.09. The second-order valence-corrected chi connectivity index (χ2v) is 4.78. The van der Waals surface area contributed by atoms with Crippen LogP contribution >= 0.6 is 34.8 Å². The Kier molecular flexibility index (Phi) is 3.97. The van der Waals surface area contributed by atoms with E-state index < -0.39 is 0 Å². The molecular weight excluding hydrogens is 295 g/mol. The molecule has 0 aliphatic heterocycles. The fourth-order valence-corrected chi connectivity index (χ4v) is 2.14. The monoisotopic (exact) mass is 302 g/mol. The predicted octanol–water partition coefficient (Wildman–Crippen LogP) is 3.78. The predicted molar refractivity (Wildman–Crippen MR) is 75.0 cm³/mol. The maximum atomic E-state index is 9.14. The molecule has 0 aliphatic carbocycles. The maximum Gasteiger partial charge on any atom is 0.0894 e. The van der Waals surface area contributed by atoms with E-state index >= 15 is 0 Å². The van der Waals surface area contributed by atoms with Crippen LogP contribution in [0.1, 0.15) is 5.69 Å². The van der Waals surface area contributed by atoms with E-state index in [2.05, 4.69) is 4.98 Å². The zero-order valence-electron chi connectivity index (χ0n) is 9.12. The Labute approximate surface area is 119 Å². The number of benzene rings is 1. The minimum absolute atomic E-state index is 0.237. The molecule has 0 unspecified atom stereocenters. The second-order valence-electron chi connectivity index (χ2n) is 3.61. The van der Waals surface area contributed by atoms with Gasteiger partial charge in [0.1, 0.15) is 0 Å². The molecule has 0 radical (unpaired) electrons. The first-order valence-electron chi connectivity index (χ1n) is 5.04. The van der Waals surface area contributed by atoms with Crippen LogP contribution in [-0.4, -0.2) is 10.1 Å². The summed E-state index contributed by atoms with van der Waals surface area (Å²) in [5.74, 6) is 0. The highest BCUT2D eigenvalue weighted by Gasteiger charge is 2.12. The first-order valence-corrected chi connectivity index (χ1v) is 6.18. The molecule has 6 heteroatoms. The van der Waals surface area contributed by atoms with Gasteiger partial charge < -0.3 is 10.8 Å². The van der Waals surface area contributed by atoms with Crippen molar-refractivity contribution in [3.05, 3.63) is 45.0 Å². The fraction of sp³-hybridized carbons (Fsp3) is 0.0833. The van der Waals surface area contributed by atoms with Crippen molar-refractivity contribution in [2.24, 2.45) is 0 Å². The third-order valence-electron chi connectivity index (χ3n) is 2.47. The third-order valence-corrected chi connectivity index (χ3v) is 3.76. The molecule has 94 valence electrons. The van der Waals surface area contributed by atoms with Crippen LogP contribution in [0.15, 0.2) is 24.3 Å². The molecule has 3 nitrogen and oxygen atoms in total. The van der Waals surface area contributed by atoms with Crippen LogP contribution in [0.4, 0.5) is 5.69 Å². The van der Waals surface area contributed by atoms with Gasteiger partial charge >= 0.3 is 0 Å². The molecular formula is C12H9Cl3N2O. The van der Waals surface area contributed by atoms with E-state index in [1.807, 2.05) is 0 Å². The number of halogens is 3. The molecule has 1 aromatic heterocycles. The summed E-state index contributed by atoms with van der Waals surface area (Å²) in [6, 6.07) is 6.73. The van der Waals surface area contributed by atoms with E-state index in [0.717, 1.165) is 0 Å². The Morgan fingerprint density at radius 1 is 1.06 bits per heavy atom. The Morgan fingerprint density at radius 2 is 1.78 bits per heavy atom. The summed E-state index contributed by atoms with van der Waals surface area (Å²) in [5.41, 5.74) is 7.71. The molecule has 3 N–H and O–H groups in total. The number of nitrogens with zero attached hydrogens (tertiary/aromatic N) is 1. The van der Waals surface area contributed by atoms with Crippen molar-refractivity contribution < 1.29 is 5.11 Å². The summed E-state index contributed by atoms with van der Waals surface area (Å²) >= 11 is 18.0. The molecule has 0 saturated heterocycles. The van der Waals surface area contributed by atoms with Crippen LogP contribution < -0.4 is 5.73 Å². The number of aromatic nitrogens is 1. The molecule has 1 heterocycles. The van der Waals surface area contributed by atoms with E-state index in [9.17, 15) is 0 Å². The zero-order valence-corrected chi connectivity index (χ0v) is 11.4. The summed E-state index contributed by atoms with van der Waals surface area (Å²) < 4.78 is 0. The first-order chi connectivity index (χ1) is 8.54. The Morgan fingerprint density at radius 3 is 2.44 bits per heavy atom. The lowest BCUT2D eigenvalue weighted by atomic mass is 10.1. The van der Waals surface area contributed by atoms with E-state index in [1.165, 1.54) is 0 Å². The Hall–Kier alpha value is -1.00. The van der Waals surface area contributed by atoms with E-state index in [1.54, 1.807) is 24.3 Å². The van der Waals surface area contributed by atoms with E-state index in [0.29, 0.717) is 32.7 Å². The van der Waals surface area contributed by atoms with Crippen molar-refractivity contribution in [3.63, 3.8) is 0 Å². The molecule has 0 spiro atoms. The topological polar surface area (TPSA) is 59.1 Å². The van der Waals surface area contributed by atoms with Gasteiger partial charge in [-0.2, -0.15) is 0 Å². The molecule has 0 fully saturated rings. The zero-order chi connectivity index (χ0) is 13.3. The van der Waals surface area contributed by atoms with Gasteiger partial charge in [0.25, 0.3) is 0 Å². The van der Waals surface area contributed by atoms with Gasteiger partial charge in [-0.25, -0.2) is 4.98 Å². The van der Waals surface area contributed by atoms with Crippen LogP contribution in [0.5, 0.6) is 0 Å². The molecule has 2 aromatic rings. The average molecular weight is 304 g/mol. The third kappa shape index (κ3) is 2.40. The van der Waals surface area contributed by atoms with Gasteiger partial charge in [-0.3, -0.25) is 0 Å². The van der Waals surface area contributed by atoms with Crippen LogP contribution in [0, 0.1) is 0 Å². The molecule has 0 bridgehead atoms. The highest BCUT2D eigenvalue weighted by atomic mass is 35.5. The number of rotatable bonds is 2. The highest BCUT2D eigenvalue weighted by Crippen LogP contribution is 2.37. The highest BCUT2D eigenvalue weighted by molar-refractivity contribution is 6.49. The molecule has 2 rings (SSSR count). The number of nitrogen functional groups attached to an aromatic ring is 1. The van der Waals surface area contributed by atoms with Gasteiger partial charge in [-0.05, 0) is 24.3 Å². The summed E-state index contributed by atoms with van der Waals surface area (Å²) in [6.07, 6.45) is 0. The lowest BCUT2D eigenvalue weighted by molar-refractivity contribution is 0.278. The average Bonchev–Trinajstić information content (AvgIpc) is 2.37. The van der Waals surface area contributed by atoms with Crippen molar-refractivity contribution >= 4 is 40.5 Å². The fourth-order valence-electron chi connectivity index (χ4n) is 1.51. The van der Waals surface area contributed by atoms with Gasteiger partial charge in [0.2, 0.25) is 0 Å². The second kappa shape index (κ2) is 5.33. The normalized spacial score (nSPS) is 10.7. The minimum Gasteiger partial charge on any atom is -0.397 e. The van der Waals surface area contributed by atoms with Crippen molar-refractivity contribution in [2.45, 2.75) is 6.61 Å². The maximum absolute atomic E-state index is 9.14. The van der Waals surface area contributed by atoms with Crippen molar-refractivity contribution in [2.75, 3.05) is 5.73 Å². The Balaban J connectivity index is 2.59. The van der Waals surface area contributed by atoms with Gasteiger partial charge in [-0.1, -0.05) is 34.8 Å². The summed E-state index contributed by atoms with van der Waals surface area (Å²) in [7, 11) is 0. The number of hydrogen-bond acceptors (Lipinski definition) is 3. The Bertz CT molecular complexity index is 602. The first kappa shape index (κ1) is 13.4. The number of pyridine rings is 1. The lowest BCUT2D eigenvalue weighted by Crippen LogP contribution is -1.99. The largest absolute Gasteiger partial charge is 0.397 e. The van der Waals surface area contributed by atoms with Crippen molar-refractivity contribution in [3.8, 4) is 11.3 Å². The molecule has 1 aromatic carbocycles. The molecule has 18 heavy (non-hydrogen) atoms.